The van der Waals surface area contributed by atoms with Gasteiger partial charge in [-0.3, -0.25) is 19.3 Å². The lowest BCUT2D eigenvalue weighted by Gasteiger charge is -2.18. The van der Waals surface area contributed by atoms with Gasteiger partial charge in [0.05, 0.1) is 24.1 Å². The summed E-state index contributed by atoms with van der Waals surface area (Å²) in [4.78, 5) is 40.1. The second kappa shape index (κ2) is 9.93. The lowest BCUT2D eigenvalue weighted by molar-refractivity contribution is -0.143. The number of hydrogen-bond donors (Lipinski definition) is 0. The van der Waals surface area contributed by atoms with E-state index in [9.17, 15) is 14.4 Å². The molecule has 2 fully saturated rings. The molecule has 0 aromatic heterocycles. The zero-order valence-electron chi connectivity index (χ0n) is 21.2. The van der Waals surface area contributed by atoms with Crippen molar-refractivity contribution in [3.05, 3.63) is 108 Å². The molecule has 5 atom stereocenters. The number of nitrogens with zero attached hydrogens (tertiary/aromatic N) is 1. The molecule has 2 amide bonds. The van der Waals surface area contributed by atoms with Crippen LogP contribution in [0, 0.1) is 23.7 Å². The summed E-state index contributed by atoms with van der Waals surface area (Å²) >= 11 is 0. The van der Waals surface area contributed by atoms with E-state index in [0.717, 1.165) is 23.1 Å². The van der Waals surface area contributed by atoms with E-state index in [1.54, 1.807) is 31.2 Å². The maximum Gasteiger partial charge on any atom is 0.317 e. The van der Waals surface area contributed by atoms with E-state index in [-0.39, 0.29) is 41.5 Å². The molecule has 6 nitrogen and oxygen atoms in total. The Morgan fingerprint density at radius 2 is 1.45 bits per heavy atom. The standard InChI is InChI=1S/C32H29NO5/c1-2-37-32(36)27(21-6-4-3-5-7-21)22-10-8-20(9-11-22)19-38-26-16-14-25(15-17-26)33-30(34)28-23-12-13-24(18-23)29(28)31(33)35/h3-17,23-24,27-29H,2,18-19H2,1H3/t23-,24-,27-,28-,29-/m0/s1. The molecule has 3 aliphatic rings. The number of allylic oxidation sites excluding steroid dienone is 2. The summed E-state index contributed by atoms with van der Waals surface area (Å²) in [6.07, 6.45) is 5.12. The van der Waals surface area contributed by atoms with Crippen molar-refractivity contribution in [2.45, 2.75) is 25.9 Å². The van der Waals surface area contributed by atoms with Gasteiger partial charge in [-0.15, -0.1) is 0 Å². The number of carbonyl (C=O) groups is 3. The van der Waals surface area contributed by atoms with Crippen LogP contribution in [0.4, 0.5) is 5.69 Å². The van der Waals surface area contributed by atoms with Crippen molar-refractivity contribution in [2.75, 3.05) is 11.5 Å². The van der Waals surface area contributed by atoms with E-state index >= 15 is 0 Å². The van der Waals surface area contributed by atoms with Crippen LogP contribution in [0.25, 0.3) is 0 Å². The minimum Gasteiger partial charge on any atom is -0.489 e. The van der Waals surface area contributed by atoms with Crippen LogP contribution in [0.15, 0.2) is 91.0 Å². The first-order chi connectivity index (χ1) is 18.5. The number of amides is 2. The summed E-state index contributed by atoms with van der Waals surface area (Å²) in [6.45, 7) is 2.47. The average Bonchev–Trinajstić information content (AvgIpc) is 3.63. The molecular formula is C32H29NO5. The molecule has 192 valence electrons. The molecule has 0 N–H and O–H groups in total. The van der Waals surface area contributed by atoms with E-state index in [1.807, 2.05) is 54.6 Å². The highest BCUT2D eigenvalue weighted by molar-refractivity contribution is 6.22. The molecule has 1 aliphatic heterocycles. The molecule has 2 bridgehead atoms. The van der Waals surface area contributed by atoms with Gasteiger partial charge in [-0.1, -0.05) is 66.7 Å². The zero-order valence-corrected chi connectivity index (χ0v) is 21.2. The Morgan fingerprint density at radius 3 is 2.05 bits per heavy atom. The van der Waals surface area contributed by atoms with Crippen molar-refractivity contribution in [1.82, 2.24) is 0 Å². The summed E-state index contributed by atoms with van der Waals surface area (Å²) < 4.78 is 11.3. The zero-order chi connectivity index (χ0) is 26.2. The predicted octanol–water partition coefficient (Wildman–Crippen LogP) is 5.27. The van der Waals surface area contributed by atoms with E-state index in [0.29, 0.717) is 24.7 Å². The number of rotatable bonds is 8. The Kier molecular flexibility index (Phi) is 6.32. The van der Waals surface area contributed by atoms with Crippen molar-refractivity contribution in [2.24, 2.45) is 23.7 Å². The molecule has 6 heteroatoms. The Balaban J connectivity index is 1.11. The largest absolute Gasteiger partial charge is 0.489 e. The molecule has 6 rings (SSSR count). The fourth-order valence-corrected chi connectivity index (χ4v) is 6.16. The third kappa shape index (κ3) is 4.20. The van der Waals surface area contributed by atoms with Gasteiger partial charge in [0.2, 0.25) is 11.8 Å². The number of ether oxygens (including phenoxy) is 2. The number of esters is 1. The van der Waals surface area contributed by atoms with Crippen molar-refractivity contribution >= 4 is 23.5 Å². The second-order valence-corrected chi connectivity index (χ2v) is 10.1. The highest BCUT2D eigenvalue weighted by Gasteiger charge is 2.59. The molecule has 38 heavy (non-hydrogen) atoms. The molecule has 2 aliphatic carbocycles. The maximum atomic E-state index is 13.0. The van der Waals surface area contributed by atoms with E-state index in [1.165, 1.54) is 4.90 Å². The van der Waals surface area contributed by atoms with E-state index < -0.39 is 5.92 Å². The SMILES string of the molecule is CCOC(=O)[C@@H](c1ccccc1)c1ccc(COc2ccc(N3C(=O)[C@@H]4[C@@H](C3=O)[C@H]3C=C[C@H]4C3)cc2)cc1. The first kappa shape index (κ1) is 24.2. The molecule has 0 radical (unpaired) electrons. The van der Waals surface area contributed by atoms with Crippen molar-refractivity contribution in [1.29, 1.82) is 0 Å². The van der Waals surface area contributed by atoms with E-state index in [4.69, 9.17) is 9.47 Å². The Morgan fingerprint density at radius 1 is 0.842 bits per heavy atom. The van der Waals surface area contributed by atoms with Gasteiger partial charge in [0.1, 0.15) is 18.3 Å². The van der Waals surface area contributed by atoms with Crippen LogP contribution in [-0.4, -0.2) is 24.4 Å². The lowest BCUT2D eigenvalue weighted by atomic mass is 9.85. The van der Waals surface area contributed by atoms with Crippen LogP contribution in [0.5, 0.6) is 5.75 Å². The maximum absolute atomic E-state index is 13.0. The van der Waals surface area contributed by atoms with Gasteiger partial charge in [0.15, 0.2) is 0 Å². The molecule has 1 heterocycles. The minimum absolute atomic E-state index is 0.0813. The quantitative estimate of drug-likeness (QED) is 0.236. The topological polar surface area (TPSA) is 72.9 Å². The minimum atomic E-state index is -0.486. The number of anilines is 1. The van der Waals surface area contributed by atoms with Crippen LogP contribution in [0.1, 0.15) is 36.0 Å². The normalized spacial score (nSPS) is 24.0. The summed E-state index contributed by atoms with van der Waals surface area (Å²) in [6, 6.07) is 24.5. The highest BCUT2D eigenvalue weighted by atomic mass is 16.5. The molecule has 1 saturated carbocycles. The lowest BCUT2D eigenvalue weighted by Crippen LogP contribution is -2.32. The van der Waals surface area contributed by atoms with Gasteiger partial charge in [0, 0.05) is 0 Å². The van der Waals surface area contributed by atoms with E-state index in [2.05, 4.69) is 12.2 Å². The number of carbonyl (C=O) groups excluding carboxylic acids is 3. The Labute approximate surface area is 221 Å². The van der Waals surface area contributed by atoms with Crippen molar-refractivity contribution < 1.29 is 23.9 Å². The fraction of sp³-hybridized carbons (Fsp3) is 0.281. The van der Waals surface area contributed by atoms with Crippen LogP contribution < -0.4 is 9.64 Å². The third-order valence-corrected chi connectivity index (χ3v) is 7.94. The Bertz CT molecular complexity index is 1350. The number of hydrogen-bond acceptors (Lipinski definition) is 5. The second-order valence-electron chi connectivity index (χ2n) is 10.1. The van der Waals surface area contributed by atoms with Crippen LogP contribution in [0.3, 0.4) is 0 Å². The molecule has 3 aromatic rings. The fourth-order valence-electron chi connectivity index (χ4n) is 6.16. The smallest absolute Gasteiger partial charge is 0.317 e. The Hall–Kier alpha value is -4.19. The average molecular weight is 508 g/mol. The summed E-state index contributed by atoms with van der Waals surface area (Å²) in [5, 5.41) is 0. The van der Waals surface area contributed by atoms with Gasteiger partial charge in [-0.2, -0.15) is 0 Å². The first-order valence-electron chi connectivity index (χ1n) is 13.1. The van der Waals surface area contributed by atoms with Gasteiger partial charge < -0.3 is 9.47 Å². The molecule has 1 saturated heterocycles. The summed E-state index contributed by atoms with van der Waals surface area (Å²) in [5.74, 6) is -0.299. The van der Waals surface area contributed by atoms with Gasteiger partial charge in [0.25, 0.3) is 0 Å². The molecule has 3 aromatic carbocycles. The summed E-state index contributed by atoms with van der Waals surface area (Å²) in [7, 11) is 0. The number of benzene rings is 3. The van der Waals surface area contributed by atoms with Crippen LogP contribution in [-0.2, 0) is 25.7 Å². The van der Waals surface area contributed by atoms with Crippen molar-refractivity contribution in [3.8, 4) is 5.75 Å². The highest BCUT2D eigenvalue weighted by Crippen LogP contribution is 2.53. The number of imide groups is 1. The number of fused-ring (bicyclic) bond motifs is 5. The van der Waals surface area contributed by atoms with Crippen molar-refractivity contribution in [3.63, 3.8) is 0 Å². The van der Waals surface area contributed by atoms with Gasteiger partial charge in [-0.25, -0.2) is 0 Å². The van der Waals surface area contributed by atoms with Gasteiger partial charge >= 0.3 is 5.97 Å². The third-order valence-electron chi connectivity index (χ3n) is 7.94. The van der Waals surface area contributed by atoms with Gasteiger partial charge in [-0.05, 0) is 66.1 Å². The molecule has 0 unspecified atom stereocenters. The predicted molar refractivity (Wildman–Crippen MR) is 142 cm³/mol. The monoisotopic (exact) mass is 507 g/mol. The summed E-state index contributed by atoms with van der Waals surface area (Å²) in [5.41, 5.74) is 3.29. The first-order valence-corrected chi connectivity index (χ1v) is 13.1. The van der Waals surface area contributed by atoms with Crippen LogP contribution >= 0.6 is 0 Å². The molecular weight excluding hydrogens is 478 g/mol. The molecule has 0 spiro atoms. The van der Waals surface area contributed by atoms with Crippen LogP contribution in [0.2, 0.25) is 0 Å².